The largest absolute Gasteiger partial charge is 0.471 e. The molecule has 0 unspecified atom stereocenters. The van der Waals surface area contributed by atoms with Gasteiger partial charge in [-0.15, -0.1) is 6.58 Å². The highest BCUT2D eigenvalue weighted by molar-refractivity contribution is 6.08. The van der Waals surface area contributed by atoms with Crippen molar-refractivity contribution in [3.05, 3.63) is 48.7 Å². The lowest BCUT2D eigenvalue weighted by molar-refractivity contribution is -0.142. The molecule has 0 amide bonds. The number of methoxy groups -OCH3 is 1. The van der Waals surface area contributed by atoms with Crippen LogP contribution in [0.3, 0.4) is 0 Å². The van der Waals surface area contributed by atoms with Gasteiger partial charge in [0, 0.05) is 36.5 Å². The van der Waals surface area contributed by atoms with E-state index in [9.17, 15) is 4.79 Å². The number of allylic oxidation sites excluding steroid dienone is 1. The van der Waals surface area contributed by atoms with Crippen LogP contribution in [0.5, 0.6) is 5.88 Å². The van der Waals surface area contributed by atoms with Crippen LogP contribution in [-0.2, 0) is 16.1 Å². The van der Waals surface area contributed by atoms with E-state index in [-0.39, 0.29) is 18.1 Å². The van der Waals surface area contributed by atoms with E-state index in [1.165, 1.54) is 12.7 Å². The van der Waals surface area contributed by atoms with E-state index in [1.54, 1.807) is 0 Å². The Morgan fingerprint density at radius 1 is 1.44 bits per heavy atom. The molecule has 1 aromatic carbocycles. The van der Waals surface area contributed by atoms with E-state index in [0.717, 1.165) is 21.8 Å². The number of carbonyl (C=O) groups excluding carboxylic acids is 1. The number of nitrogens with one attached hydrogen (secondary N) is 1. The molecule has 1 aliphatic rings. The van der Waals surface area contributed by atoms with Gasteiger partial charge in [-0.3, -0.25) is 4.79 Å². The number of carbonyl (C=O) groups is 1. The monoisotopic (exact) mass is 365 g/mol. The Balaban J connectivity index is 1.79. The maximum Gasteiger partial charge on any atom is 0.323 e. The van der Waals surface area contributed by atoms with Gasteiger partial charge in [0.25, 0.3) is 0 Å². The lowest BCUT2D eigenvalue weighted by Crippen LogP contribution is -2.31. The summed E-state index contributed by atoms with van der Waals surface area (Å²) in [7, 11) is 1.40. The third-order valence-corrected chi connectivity index (χ3v) is 5.05. The van der Waals surface area contributed by atoms with E-state index < -0.39 is 0 Å². The molecule has 1 N–H and O–H groups in total. The van der Waals surface area contributed by atoms with Crippen LogP contribution in [0.1, 0.15) is 12.0 Å². The molecule has 3 heterocycles. The zero-order chi connectivity index (χ0) is 19.0. The third kappa shape index (κ3) is 3.06. The number of esters is 1. The molecule has 27 heavy (non-hydrogen) atoms. The van der Waals surface area contributed by atoms with E-state index in [1.807, 2.05) is 24.3 Å². The average molecular weight is 365 g/mol. The number of aryl methyl sites for hydroxylation is 1. The predicted octanol–water partition coefficient (Wildman–Crippen LogP) is 2.97. The molecule has 6 heteroatoms. The van der Waals surface area contributed by atoms with Crippen LogP contribution >= 0.6 is 0 Å². The van der Waals surface area contributed by atoms with Gasteiger partial charge in [0.05, 0.1) is 12.6 Å². The van der Waals surface area contributed by atoms with Gasteiger partial charge in [-0.05, 0) is 18.6 Å². The summed E-state index contributed by atoms with van der Waals surface area (Å²) in [5.41, 5.74) is 3.04. The minimum atomic E-state index is -0.336. The molecular formula is C21H23N3O3. The van der Waals surface area contributed by atoms with Crippen molar-refractivity contribution >= 4 is 27.8 Å². The second-order valence-electron chi connectivity index (χ2n) is 6.87. The highest BCUT2D eigenvalue weighted by Gasteiger charge is 2.32. The number of hydrogen-bond donors (Lipinski definition) is 1. The molecule has 6 nitrogen and oxygen atoms in total. The van der Waals surface area contributed by atoms with Gasteiger partial charge in [0.15, 0.2) is 0 Å². The van der Waals surface area contributed by atoms with E-state index in [2.05, 4.69) is 35.6 Å². The topological polar surface area (TPSA) is 65.4 Å². The maximum absolute atomic E-state index is 11.8. The molecule has 0 spiro atoms. The van der Waals surface area contributed by atoms with E-state index in [0.29, 0.717) is 25.4 Å². The zero-order valence-electron chi connectivity index (χ0n) is 15.6. The second-order valence-corrected chi connectivity index (χ2v) is 6.87. The van der Waals surface area contributed by atoms with Gasteiger partial charge in [-0.2, -0.15) is 0 Å². The Hall–Kier alpha value is -2.86. The molecule has 0 saturated carbocycles. The highest BCUT2D eigenvalue weighted by atomic mass is 16.5. The number of aromatic nitrogens is 2. The second kappa shape index (κ2) is 7.04. The molecule has 1 aliphatic heterocycles. The molecule has 4 rings (SSSR count). The number of pyridine rings is 1. The van der Waals surface area contributed by atoms with Crippen LogP contribution in [0.2, 0.25) is 0 Å². The first-order chi connectivity index (χ1) is 13.1. The van der Waals surface area contributed by atoms with Crippen LogP contribution in [0.25, 0.3) is 21.8 Å². The molecule has 2 aromatic heterocycles. The summed E-state index contributed by atoms with van der Waals surface area (Å²) in [4.78, 5) is 16.6. The lowest BCUT2D eigenvalue weighted by Gasteiger charge is -2.15. The Kier molecular flexibility index (Phi) is 4.58. The predicted molar refractivity (Wildman–Crippen MR) is 105 cm³/mol. The van der Waals surface area contributed by atoms with Gasteiger partial charge in [-0.25, -0.2) is 4.98 Å². The zero-order valence-corrected chi connectivity index (χ0v) is 15.6. The fourth-order valence-electron chi connectivity index (χ4n) is 3.85. The van der Waals surface area contributed by atoms with Crippen LogP contribution in [-0.4, -0.2) is 41.3 Å². The van der Waals surface area contributed by atoms with Crippen LogP contribution < -0.4 is 10.1 Å². The molecule has 2 atom stereocenters. The molecule has 140 valence electrons. The van der Waals surface area contributed by atoms with Gasteiger partial charge in [0.1, 0.15) is 17.7 Å². The smallest absolute Gasteiger partial charge is 0.323 e. The number of rotatable bonds is 5. The first-order valence-electron chi connectivity index (χ1n) is 9.09. The summed E-state index contributed by atoms with van der Waals surface area (Å²) in [6, 6.07) is 7.75. The van der Waals surface area contributed by atoms with Crippen molar-refractivity contribution in [3.8, 4) is 5.88 Å². The van der Waals surface area contributed by atoms with Crippen molar-refractivity contribution in [3.63, 3.8) is 0 Å². The number of para-hydroxylation sites is 1. The molecule has 0 bridgehead atoms. The molecule has 0 aliphatic carbocycles. The Morgan fingerprint density at radius 2 is 2.26 bits per heavy atom. The highest BCUT2D eigenvalue weighted by Crippen LogP contribution is 2.35. The fraction of sp³-hybridized carbons (Fsp3) is 0.333. The lowest BCUT2D eigenvalue weighted by atomic mass is 10.1. The van der Waals surface area contributed by atoms with E-state index >= 15 is 0 Å². The molecule has 1 fully saturated rings. The summed E-state index contributed by atoms with van der Waals surface area (Å²) in [5, 5.41) is 5.41. The van der Waals surface area contributed by atoms with Crippen molar-refractivity contribution < 1.29 is 14.3 Å². The molecular weight excluding hydrogens is 342 g/mol. The van der Waals surface area contributed by atoms with Crippen LogP contribution in [0.15, 0.2) is 43.1 Å². The first-order valence-corrected chi connectivity index (χ1v) is 9.09. The molecule has 1 saturated heterocycles. The van der Waals surface area contributed by atoms with Crippen LogP contribution in [0.4, 0.5) is 0 Å². The summed E-state index contributed by atoms with van der Waals surface area (Å²) in [5.74, 6) is 0.333. The van der Waals surface area contributed by atoms with Gasteiger partial charge >= 0.3 is 5.97 Å². The normalized spacial score (nSPS) is 19.5. The summed E-state index contributed by atoms with van der Waals surface area (Å²) in [6.07, 6.45) is 4.39. The van der Waals surface area contributed by atoms with Crippen molar-refractivity contribution in [1.29, 1.82) is 0 Å². The number of fused-ring (bicyclic) bond motifs is 3. The van der Waals surface area contributed by atoms with Crippen LogP contribution in [0, 0.1) is 6.92 Å². The molecule has 0 radical (unpaired) electrons. The summed E-state index contributed by atoms with van der Waals surface area (Å²) >= 11 is 0. The quantitative estimate of drug-likeness (QED) is 0.556. The summed E-state index contributed by atoms with van der Waals surface area (Å²) in [6.45, 7) is 7.22. The Morgan fingerprint density at radius 3 is 3.04 bits per heavy atom. The summed E-state index contributed by atoms with van der Waals surface area (Å²) < 4.78 is 13.2. The van der Waals surface area contributed by atoms with Crippen molar-refractivity contribution in [2.45, 2.75) is 32.0 Å². The standard InChI is InChI=1S/C21H23N3O3/c1-4-9-24-12-13(2)18-15-7-5-6-8-16(15)23-20(19(18)24)27-14-10-17(22-11-14)21(25)26-3/h4-8,12,14,17,22H,1,9-11H2,2-3H3/t14-,17+/m1/s1. The minimum Gasteiger partial charge on any atom is -0.471 e. The van der Waals surface area contributed by atoms with Crippen molar-refractivity contribution in [2.75, 3.05) is 13.7 Å². The number of benzene rings is 1. The number of ether oxygens (including phenoxy) is 2. The third-order valence-electron chi connectivity index (χ3n) is 5.05. The van der Waals surface area contributed by atoms with E-state index in [4.69, 9.17) is 14.5 Å². The van der Waals surface area contributed by atoms with Gasteiger partial charge in [0.2, 0.25) is 5.88 Å². The van der Waals surface area contributed by atoms with Crippen molar-refractivity contribution in [2.24, 2.45) is 0 Å². The van der Waals surface area contributed by atoms with Gasteiger partial charge in [-0.1, -0.05) is 24.3 Å². The van der Waals surface area contributed by atoms with Gasteiger partial charge < -0.3 is 19.4 Å². The fourth-order valence-corrected chi connectivity index (χ4v) is 3.85. The minimum absolute atomic E-state index is 0.140. The number of hydrogen-bond acceptors (Lipinski definition) is 5. The Bertz CT molecular complexity index is 1020. The SMILES string of the molecule is C=CCn1cc(C)c2c3ccccc3nc(O[C@H]3CN[C@H](C(=O)OC)C3)c21. The molecule has 3 aromatic rings. The number of nitrogens with zero attached hydrogens (tertiary/aromatic N) is 2. The first kappa shape index (κ1) is 17.5. The van der Waals surface area contributed by atoms with Crippen molar-refractivity contribution in [1.82, 2.24) is 14.9 Å². The maximum atomic E-state index is 11.8. The Labute approximate surface area is 157 Å². The average Bonchev–Trinajstić information content (AvgIpc) is 3.27.